The summed E-state index contributed by atoms with van der Waals surface area (Å²) in [6, 6.07) is 5.21. The number of hydroxylamine groups is 1. The smallest absolute Gasteiger partial charge is 0.274 e. The van der Waals surface area contributed by atoms with Crippen molar-refractivity contribution in [1.29, 1.82) is 0 Å². The fourth-order valence-corrected chi connectivity index (χ4v) is 1.54. The van der Waals surface area contributed by atoms with Crippen molar-refractivity contribution in [2.45, 2.75) is 6.92 Å². The van der Waals surface area contributed by atoms with Gasteiger partial charge in [-0.1, -0.05) is 15.9 Å². The van der Waals surface area contributed by atoms with Gasteiger partial charge in [-0.2, -0.15) is 0 Å². The summed E-state index contributed by atoms with van der Waals surface area (Å²) in [6.45, 7) is 1.87. The summed E-state index contributed by atoms with van der Waals surface area (Å²) < 4.78 is 0.820. The van der Waals surface area contributed by atoms with Crippen LogP contribution in [0.4, 0.5) is 0 Å². The molecule has 0 aliphatic carbocycles. The molecule has 12 heavy (non-hydrogen) atoms. The van der Waals surface area contributed by atoms with Gasteiger partial charge in [0.05, 0.1) is 0 Å². The second kappa shape index (κ2) is 3.69. The lowest BCUT2D eigenvalue weighted by Gasteiger charge is -2.00. The largest absolute Gasteiger partial charge is 0.288 e. The van der Waals surface area contributed by atoms with E-state index in [-0.39, 0.29) is 0 Å². The third-order valence-electron chi connectivity index (χ3n) is 1.41. The van der Waals surface area contributed by atoms with Crippen LogP contribution in [0.1, 0.15) is 15.9 Å². The number of hydrogen-bond acceptors (Lipinski definition) is 2. The molecule has 0 fully saturated rings. The highest BCUT2D eigenvalue weighted by atomic mass is 79.9. The highest BCUT2D eigenvalue weighted by Gasteiger charge is 2.04. The van der Waals surface area contributed by atoms with Crippen molar-refractivity contribution in [3.63, 3.8) is 0 Å². The SMILES string of the molecule is Cc1cc(Br)cc(C(=O)NO)c1. The van der Waals surface area contributed by atoms with Gasteiger partial charge in [0, 0.05) is 10.0 Å². The van der Waals surface area contributed by atoms with E-state index in [2.05, 4.69) is 15.9 Å². The van der Waals surface area contributed by atoms with Crippen LogP contribution in [-0.4, -0.2) is 11.1 Å². The van der Waals surface area contributed by atoms with E-state index < -0.39 is 5.91 Å². The zero-order chi connectivity index (χ0) is 9.14. The Morgan fingerprint density at radius 1 is 1.50 bits per heavy atom. The first-order chi connectivity index (χ1) is 5.63. The number of halogens is 1. The Balaban J connectivity index is 3.08. The van der Waals surface area contributed by atoms with Crippen LogP contribution < -0.4 is 5.48 Å². The highest BCUT2D eigenvalue weighted by Crippen LogP contribution is 2.14. The van der Waals surface area contributed by atoms with Crippen LogP contribution in [0, 0.1) is 6.92 Å². The van der Waals surface area contributed by atoms with E-state index in [0.29, 0.717) is 5.56 Å². The fourth-order valence-electron chi connectivity index (χ4n) is 0.932. The Bertz CT molecular complexity index is 292. The van der Waals surface area contributed by atoms with Crippen LogP contribution in [0.25, 0.3) is 0 Å². The molecule has 0 bridgehead atoms. The fraction of sp³-hybridized carbons (Fsp3) is 0.125. The summed E-state index contributed by atoms with van der Waals surface area (Å²) in [7, 11) is 0. The molecular formula is C8H8BrNO2. The second-order valence-corrected chi connectivity index (χ2v) is 3.37. The molecule has 1 aromatic carbocycles. The van der Waals surface area contributed by atoms with E-state index in [0.717, 1.165) is 10.0 Å². The maximum absolute atomic E-state index is 10.9. The van der Waals surface area contributed by atoms with Crippen LogP contribution in [0.3, 0.4) is 0 Å². The minimum atomic E-state index is -0.501. The molecule has 3 nitrogen and oxygen atoms in total. The first-order valence-electron chi connectivity index (χ1n) is 3.35. The van der Waals surface area contributed by atoms with Crippen molar-refractivity contribution in [1.82, 2.24) is 5.48 Å². The first-order valence-corrected chi connectivity index (χ1v) is 4.14. The van der Waals surface area contributed by atoms with Gasteiger partial charge < -0.3 is 0 Å². The minimum absolute atomic E-state index is 0.435. The topological polar surface area (TPSA) is 49.3 Å². The third-order valence-corrected chi connectivity index (χ3v) is 1.86. The second-order valence-electron chi connectivity index (χ2n) is 2.46. The molecule has 64 valence electrons. The van der Waals surface area contributed by atoms with Gasteiger partial charge in [0.15, 0.2) is 0 Å². The van der Waals surface area contributed by atoms with Crippen LogP contribution in [0.15, 0.2) is 22.7 Å². The summed E-state index contributed by atoms with van der Waals surface area (Å²) in [5.74, 6) is -0.501. The normalized spacial score (nSPS) is 9.58. The lowest BCUT2D eigenvalue weighted by Crippen LogP contribution is -2.18. The molecule has 4 heteroatoms. The average molecular weight is 230 g/mol. The van der Waals surface area contributed by atoms with Crippen molar-refractivity contribution in [2.24, 2.45) is 0 Å². The van der Waals surface area contributed by atoms with E-state index in [1.807, 2.05) is 13.0 Å². The van der Waals surface area contributed by atoms with Gasteiger partial charge in [-0.3, -0.25) is 10.0 Å². The van der Waals surface area contributed by atoms with E-state index in [1.54, 1.807) is 17.6 Å². The van der Waals surface area contributed by atoms with Gasteiger partial charge in [0.2, 0.25) is 0 Å². The Morgan fingerprint density at radius 3 is 2.67 bits per heavy atom. The summed E-state index contributed by atoms with van der Waals surface area (Å²) in [4.78, 5) is 10.9. The quantitative estimate of drug-likeness (QED) is 0.571. The molecule has 0 aromatic heterocycles. The van der Waals surface area contributed by atoms with E-state index in [1.165, 1.54) is 0 Å². The molecule has 0 radical (unpaired) electrons. The molecule has 0 saturated heterocycles. The number of aryl methyl sites for hydroxylation is 1. The molecule has 0 aliphatic heterocycles. The summed E-state index contributed by atoms with van der Waals surface area (Å²) in [5, 5.41) is 8.36. The molecule has 0 spiro atoms. The third kappa shape index (κ3) is 2.06. The van der Waals surface area contributed by atoms with Crippen molar-refractivity contribution in [3.8, 4) is 0 Å². The molecule has 0 saturated carbocycles. The first kappa shape index (κ1) is 9.22. The highest BCUT2D eigenvalue weighted by molar-refractivity contribution is 9.10. The number of amides is 1. The molecular weight excluding hydrogens is 222 g/mol. The number of benzene rings is 1. The maximum atomic E-state index is 10.9. The van der Waals surface area contributed by atoms with Crippen LogP contribution >= 0.6 is 15.9 Å². The van der Waals surface area contributed by atoms with Gasteiger partial charge in [0.25, 0.3) is 5.91 Å². The minimum Gasteiger partial charge on any atom is -0.288 e. The van der Waals surface area contributed by atoms with Crippen LogP contribution in [0.2, 0.25) is 0 Å². The average Bonchev–Trinajstić information content (AvgIpc) is 2.01. The maximum Gasteiger partial charge on any atom is 0.274 e. The summed E-state index contributed by atoms with van der Waals surface area (Å²) >= 11 is 3.25. The predicted octanol–water partition coefficient (Wildman–Crippen LogP) is 1.88. The van der Waals surface area contributed by atoms with Gasteiger partial charge in [-0.25, -0.2) is 5.48 Å². The molecule has 0 unspecified atom stereocenters. The van der Waals surface area contributed by atoms with Gasteiger partial charge >= 0.3 is 0 Å². The number of carbonyl (C=O) groups is 1. The van der Waals surface area contributed by atoms with E-state index >= 15 is 0 Å². The number of carbonyl (C=O) groups excluding carboxylic acids is 1. The Kier molecular flexibility index (Phi) is 2.83. The number of hydrogen-bond donors (Lipinski definition) is 2. The van der Waals surface area contributed by atoms with Crippen molar-refractivity contribution in [3.05, 3.63) is 33.8 Å². The molecule has 0 aliphatic rings. The van der Waals surface area contributed by atoms with Crippen molar-refractivity contribution < 1.29 is 10.0 Å². The zero-order valence-corrected chi connectivity index (χ0v) is 8.05. The molecule has 0 heterocycles. The van der Waals surface area contributed by atoms with Gasteiger partial charge in [0.1, 0.15) is 0 Å². The van der Waals surface area contributed by atoms with Crippen molar-refractivity contribution >= 4 is 21.8 Å². The van der Waals surface area contributed by atoms with E-state index in [4.69, 9.17) is 5.21 Å². The lowest BCUT2D eigenvalue weighted by molar-refractivity contribution is 0.0706. The predicted molar refractivity (Wildman–Crippen MR) is 48.1 cm³/mol. The molecule has 0 atom stereocenters. The summed E-state index contributed by atoms with van der Waals surface area (Å²) in [6.07, 6.45) is 0. The molecule has 1 rings (SSSR count). The number of nitrogens with one attached hydrogen (secondary N) is 1. The zero-order valence-electron chi connectivity index (χ0n) is 6.47. The van der Waals surface area contributed by atoms with Gasteiger partial charge in [-0.05, 0) is 30.7 Å². The van der Waals surface area contributed by atoms with E-state index in [9.17, 15) is 4.79 Å². The molecule has 1 amide bonds. The summed E-state index contributed by atoms with van der Waals surface area (Å²) in [5.41, 5.74) is 2.97. The molecule has 2 N–H and O–H groups in total. The Labute approximate surface area is 78.5 Å². The van der Waals surface area contributed by atoms with Gasteiger partial charge in [-0.15, -0.1) is 0 Å². The Hall–Kier alpha value is -0.870. The van der Waals surface area contributed by atoms with Crippen molar-refractivity contribution in [2.75, 3.05) is 0 Å². The number of rotatable bonds is 1. The standard InChI is InChI=1S/C8H8BrNO2/c1-5-2-6(8(11)10-12)4-7(9)3-5/h2-4,12H,1H3,(H,10,11). The van der Waals surface area contributed by atoms with Crippen LogP contribution in [-0.2, 0) is 0 Å². The monoisotopic (exact) mass is 229 g/mol. The van der Waals surface area contributed by atoms with Crippen LogP contribution in [0.5, 0.6) is 0 Å². The molecule has 1 aromatic rings. The Morgan fingerprint density at radius 2 is 2.17 bits per heavy atom. The lowest BCUT2D eigenvalue weighted by atomic mass is 10.1.